The molecule has 158 valence electrons. The van der Waals surface area contributed by atoms with E-state index in [1.54, 1.807) is 4.68 Å². The molecule has 0 amide bonds. The molecular formula is C18H21F3N4O4. The first-order valence-electron chi connectivity index (χ1n) is 8.90. The average molecular weight is 414 g/mol. The summed E-state index contributed by atoms with van der Waals surface area (Å²) in [5.74, 6) is -2.98. The summed E-state index contributed by atoms with van der Waals surface area (Å²) in [4.78, 5) is 24.5. The van der Waals surface area contributed by atoms with Gasteiger partial charge in [-0.05, 0) is 25.0 Å². The van der Waals surface area contributed by atoms with Crippen LogP contribution in [0.2, 0.25) is 0 Å². The van der Waals surface area contributed by atoms with Crippen LogP contribution in [0.4, 0.5) is 13.2 Å². The van der Waals surface area contributed by atoms with E-state index in [1.165, 1.54) is 6.33 Å². The molecular weight excluding hydrogens is 393 g/mol. The number of hydrogen-bond acceptors (Lipinski definition) is 5. The molecule has 29 heavy (non-hydrogen) atoms. The van der Waals surface area contributed by atoms with E-state index < -0.39 is 18.1 Å². The predicted octanol–water partition coefficient (Wildman–Crippen LogP) is 2.63. The zero-order valence-corrected chi connectivity index (χ0v) is 15.3. The molecule has 0 radical (unpaired) electrons. The molecule has 2 atom stereocenters. The highest BCUT2D eigenvalue weighted by atomic mass is 19.4. The van der Waals surface area contributed by atoms with E-state index in [9.17, 15) is 23.1 Å². The number of hydrogen-bond donors (Lipinski definition) is 3. The van der Waals surface area contributed by atoms with E-state index in [1.807, 2.05) is 30.3 Å². The number of halogens is 3. The number of rotatable bonds is 5. The summed E-state index contributed by atoms with van der Waals surface area (Å²) in [6, 6.07) is 9.81. The lowest BCUT2D eigenvalue weighted by Crippen LogP contribution is -2.42. The standard InChI is InChI=1S/C16H20N4O2.C2HF3O2/c21-16(22)13-8-4-5-9-14(13)17-10-15-18-11-19-20(15)12-6-2-1-3-7-12;3-2(4,5)1(6)7/h1-3,6-7,11,13-14,17H,4-5,8-10H2,(H,21,22);(H,6,7)/t13-,14+;/m1./s1. The van der Waals surface area contributed by atoms with Crippen LogP contribution in [0.25, 0.3) is 5.69 Å². The minimum Gasteiger partial charge on any atom is -0.481 e. The number of para-hydroxylation sites is 1. The third-order valence-corrected chi connectivity index (χ3v) is 4.47. The van der Waals surface area contributed by atoms with Crippen LogP contribution >= 0.6 is 0 Å². The Morgan fingerprint density at radius 1 is 1.14 bits per heavy atom. The maximum atomic E-state index is 11.3. The van der Waals surface area contributed by atoms with Crippen LogP contribution in [-0.4, -0.2) is 49.1 Å². The van der Waals surface area contributed by atoms with Crippen molar-refractivity contribution < 1.29 is 33.0 Å². The molecule has 2 aromatic rings. The lowest BCUT2D eigenvalue weighted by Gasteiger charge is -2.29. The van der Waals surface area contributed by atoms with Crippen molar-refractivity contribution in [3.63, 3.8) is 0 Å². The fourth-order valence-electron chi connectivity index (χ4n) is 3.06. The molecule has 0 aliphatic heterocycles. The van der Waals surface area contributed by atoms with Crippen LogP contribution in [0.1, 0.15) is 31.5 Å². The molecule has 1 aliphatic carbocycles. The zero-order valence-electron chi connectivity index (χ0n) is 15.3. The van der Waals surface area contributed by atoms with Gasteiger partial charge in [-0.15, -0.1) is 0 Å². The van der Waals surface area contributed by atoms with Crippen LogP contribution in [0.15, 0.2) is 36.7 Å². The number of nitrogens with one attached hydrogen (secondary N) is 1. The summed E-state index contributed by atoms with van der Waals surface area (Å²) in [6.45, 7) is 0.517. The highest BCUT2D eigenvalue weighted by Crippen LogP contribution is 2.25. The SMILES string of the molecule is O=C(O)C(F)(F)F.O=C(O)[C@@H]1CCCC[C@@H]1NCc1ncnn1-c1ccccc1. The number of alkyl halides is 3. The number of benzene rings is 1. The molecule has 3 N–H and O–H groups in total. The van der Waals surface area contributed by atoms with Gasteiger partial charge in [-0.2, -0.15) is 18.3 Å². The van der Waals surface area contributed by atoms with E-state index >= 15 is 0 Å². The monoisotopic (exact) mass is 414 g/mol. The van der Waals surface area contributed by atoms with Gasteiger partial charge in [-0.3, -0.25) is 4.79 Å². The summed E-state index contributed by atoms with van der Waals surface area (Å²) in [6.07, 6.45) is 0.163. The van der Waals surface area contributed by atoms with Crippen molar-refractivity contribution in [3.05, 3.63) is 42.5 Å². The number of aromatic nitrogens is 3. The smallest absolute Gasteiger partial charge is 0.481 e. The van der Waals surface area contributed by atoms with Gasteiger partial charge in [0.2, 0.25) is 0 Å². The Labute approximate surface area is 164 Å². The number of carboxylic acid groups (broad SMARTS) is 2. The average Bonchev–Trinajstić information content (AvgIpc) is 3.15. The Morgan fingerprint density at radius 3 is 2.34 bits per heavy atom. The summed E-state index contributed by atoms with van der Waals surface area (Å²) < 4.78 is 33.5. The minimum atomic E-state index is -5.08. The van der Waals surface area contributed by atoms with E-state index in [2.05, 4.69) is 15.4 Å². The summed E-state index contributed by atoms with van der Waals surface area (Å²) in [5.41, 5.74) is 0.954. The van der Waals surface area contributed by atoms with Crippen molar-refractivity contribution in [2.24, 2.45) is 5.92 Å². The van der Waals surface area contributed by atoms with E-state index in [4.69, 9.17) is 9.90 Å². The quantitative estimate of drug-likeness (QED) is 0.688. The molecule has 0 spiro atoms. The fourth-order valence-corrected chi connectivity index (χ4v) is 3.06. The van der Waals surface area contributed by atoms with E-state index in [0.29, 0.717) is 6.54 Å². The van der Waals surface area contributed by atoms with Gasteiger partial charge in [-0.25, -0.2) is 14.5 Å². The van der Waals surface area contributed by atoms with Gasteiger partial charge < -0.3 is 15.5 Å². The highest BCUT2D eigenvalue weighted by Gasteiger charge is 2.38. The van der Waals surface area contributed by atoms with Crippen LogP contribution in [0.5, 0.6) is 0 Å². The third-order valence-electron chi connectivity index (χ3n) is 4.47. The van der Waals surface area contributed by atoms with Gasteiger partial charge in [0, 0.05) is 6.04 Å². The Morgan fingerprint density at radius 2 is 1.76 bits per heavy atom. The summed E-state index contributed by atoms with van der Waals surface area (Å²) in [7, 11) is 0. The summed E-state index contributed by atoms with van der Waals surface area (Å²) in [5, 5.41) is 24.1. The van der Waals surface area contributed by atoms with Gasteiger partial charge in [-0.1, -0.05) is 31.0 Å². The number of nitrogens with zero attached hydrogens (tertiary/aromatic N) is 3. The minimum absolute atomic E-state index is 0.00664. The molecule has 1 aromatic heterocycles. The van der Waals surface area contributed by atoms with Crippen molar-refractivity contribution in [1.82, 2.24) is 20.1 Å². The Balaban J connectivity index is 0.000000370. The lowest BCUT2D eigenvalue weighted by atomic mass is 9.84. The normalized spacial score (nSPS) is 19.1. The van der Waals surface area contributed by atoms with Crippen molar-refractivity contribution in [1.29, 1.82) is 0 Å². The van der Waals surface area contributed by atoms with Crippen molar-refractivity contribution >= 4 is 11.9 Å². The third kappa shape index (κ3) is 6.56. The topological polar surface area (TPSA) is 117 Å². The van der Waals surface area contributed by atoms with Crippen molar-refractivity contribution in [2.75, 3.05) is 0 Å². The molecule has 1 heterocycles. The van der Waals surface area contributed by atoms with Crippen LogP contribution in [-0.2, 0) is 16.1 Å². The molecule has 0 saturated heterocycles. The van der Waals surface area contributed by atoms with Gasteiger partial charge in [0.1, 0.15) is 12.2 Å². The second kappa shape index (κ2) is 10.0. The molecule has 11 heteroatoms. The lowest BCUT2D eigenvalue weighted by molar-refractivity contribution is -0.192. The first-order valence-corrected chi connectivity index (χ1v) is 8.90. The highest BCUT2D eigenvalue weighted by molar-refractivity contribution is 5.73. The number of aliphatic carboxylic acids is 2. The predicted molar refractivity (Wildman–Crippen MR) is 95.3 cm³/mol. The van der Waals surface area contributed by atoms with Gasteiger partial charge in [0.05, 0.1) is 18.2 Å². The maximum Gasteiger partial charge on any atom is 0.490 e. The summed E-state index contributed by atoms with van der Waals surface area (Å²) >= 11 is 0. The largest absolute Gasteiger partial charge is 0.490 e. The fraction of sp³-hybridized carbons (Fsp3) is 0.444. The Hall–Kier alpha value is -2.95. The van der Waals surface area contributed by atoms with Crippen LogP contribution in [0.3, 0.4) is 0 Å². The van der Waals surface area contributed by atoms with E-state index in [-0.39, 0.29) is 12.0 Å². The molecule has 3 rings (SSSR count). The second-order valence-corrected chi connectivity index (χ2v) is 6.44. The van der Waals surface area contributed by atoms with Gasteiger partial charge >= 0.3 is 18.1 Å². The van der Waals surface area contributed by atoms with Gasteiger partial charge in [0.15, 0.2) is 0 Å². The number of carbonyl (C=O) groups is 2. The maximum absolute atomic E-state index is 11.3. The molecule has 8 nitrogen and oxygen atoms in total. The van der Waals surface area contributed by atoms with Crippen LogP contribution in [0, 0.1) is 5.92 Å². The molecule has 1 aliphatic rings. The first kappa shape index (κ1) is 22.3. The Kier molecular flexibility index (Phi) is 7.71. The van der Waals surface area contributed by atoms with Gasteiger partial charge in [0.25, 0.3) is 0 Å². The number of carboxylic acids is 2. The van der Waals surface area contributed by atoms with Crippen molar-refractivity contribution in [3.8, 4) is 5.69 Å². The van der Waals surface area contributed by atoms with Crippen molar-refractivity contribution in [2.45, 2.75) is 44.4 Å². The van der Waals surface area contributed by atoms with Crippen LogP contribution < -0.4 is 5.32 Å². The zero-order chi connectivity index (χ0) is 21.4. The molecule has 1 aromatic carbocycles. The Bertz CT molecular complexity index is 811. The van der Waals surface area contributed by atoms with E-state index in [0.717, 1.165) is 37.2 Å². The second-order valence-electron chi connectivity index (χ2n) is 6.44. The molecule has 0 unspecified atom stereocenters. The molecule has 1 fully saturated rings. The first-order chi connectivity index (χ1) is 13.7. The molecule has 1 saturated carbocycles. The molecule has 0 bridgehead atoms.